The molecule has 1 saturated heterocycles. The zero-order valence-electron chi connectivity index (χ0n) is 11.2. The molecule has 0 aromatic rings. The molecule has 1 aliphatic rings. The molecule has 0 aromatic carbocycles. The smallest absolute Gasteiger partial charge is 0.324 e. The lowest BCUT2D eigenvalue weighted by Crippen LogP contribution is -2.53. The normalized spacial score (nSPS) is 27.8. The molecule has 0 amide bonds. The third-order valence-corrected chi connectivity index (χ3v) is 2.87. The van der Waals surface area contributed by atoms with Crippen LogP contribution in [0.15, 0.2) is 0 Å². The van der Waals surface area contributed by atoms with Gasteiger partial charge in [-0.2, -0.15) is 0 Å². The lowest BCUT2D eigenvalue weighted by Gasteiger charge is -2.36. The minimum absolute atomic E-state index is 0.196. The van der Waals surface area contributed by atoms with E-state index in [0.717, 1.165) is 19.6 Å². The van der Waals surface area contributed by atoms with Gasteiger partial charge in [0.25, 0.3) is 0 Å². The summed E-state index contributed by atoms with van der Waals surface area (Å²) in [5, 5.41) is 3.15. The average molecular weight is 244 g/mol. The highest BCUT2D eigenvalue weighted by Crippen LogP contribution is 2.11. The van der Waals surface area contributed by atoms with Gasteiger partial charge in [0.1, 0.15) is 6.04 Å². The maximum atomic E-state index is 11.6. The second-order valence-corrected chi connectivity index (χ2v) is 4.61. The summed E-state index contributed by atoms with van der Waals surface area (Å²) < 4.78 is 10.5. The van der Waals surface area contributed by atoms with Crippen LogP contribution in [0, 0.1) is 0 Å². The number of esters is 1. The highest BCUT2D eigenvalue weighted by molar-refractivity contribution is 5.75. The highest BCUT2D eigenvalue weighted by Gasteiger charge is 2.27. The van der Waals surface area contributed by atoms with Crippen molar-refractivity contribution in [1.82, 2.24) is 10.2 Å². The molecule has 3 unspecified atom stereocenters. The number of hydrogen-bond donors (Lipinski definition) is 1. The number of nitrogens with zero attached hydrogens (tertiary/aromatic N) is 1. The largest absolute Gasteiger partial charge is 0.468 e. The van der Waals surface area contributed by atoms with E-state index in [-0.39, 0.29) is 24.2 Å². The summed E-state index contributed by atoms with van der Waals surface area (Å²) in [7, 11) is 1.43. The molecule has 100 valence electrons. The minimum Gasteiger partial charge on any atom is -0.468 e. The molecule has 1 aliphatic heterocycles. The average Bonchev–Trinajstić information content (AvgIpc) is 2.26. The summed E-state index contributed by atoms with van der Waals surface area (Å²) in [5.41, 5.74) is 0. The predicted molar refractivity (Wildman–Crippen MR) is 65.9 cm³/mol. The van der Waals surface area contributed by atoms with Gasteiger partial charge >= 0.3 is 5.97 Å². The molecular formula is C12H24N2O3. The molecule has 3 atom stereocenters. The van der Waals surface area contributed by atoms with Gasteiger partial charge in [-0.25, -0.2) is 0 Å². The molecule has 0 aliphatic carbocycles. The molecule has 0 radical (unpaired) electrons. The summed E-state index contributed by atoms with van der Waals surface area (Å²) in [4.78, 5) is 13.8. The van der Waals surface area contributed by atoms with Crippen LogP contribution in [0.5, 0.6) is 0 Å². The van der Waals surface area contributed by atoms with E-state index in [1.54, 1.807) is 0 Å². The van der Waals surface area contributed by atoms with Crippen molar-refractivity contribution in [2.75, 3.05) is 33.3 Å². The Morgan fingerprint density at radius 1 is 1.47 bits per heavy atom. The Morgan fingerprint density at radius 2 is 2.06 bits per heavy atom. The van der Waals surface area contributed by atoms with Gasteiger partial charge in [-0.1, -0.05) is 6.92 Å². The predicted octanol–water partition coefficient (Wildman–Crippen LogP) is 0.247. The third-order valence-electron chi connectivity index (χ3n) is 2.87. The van der Waals surface area contributed by atoms with Crippen LogP contribution in [0.2, 0.25) is 0 Å². The van der Waals surface area contributed by atoms with Gasteiger partial charge < -0.3 is 14.8 Å². The van der Waals surface area contributed by atoms with Gasteiger partial charge in [0.05, 0.1) is 19.3 Å². The van der Waals surface area contributed by atoms with Crippen LogP contribution < -0.4 is 5.32 Å². The molecule has 1 heterocycles. The molecule has 0 aromatic heterocycles. The Morgan fingerprint density at radius 3 is 2.53 bits per heavy atom. The standard InChI is InChI=1S/C12H24N2O3/c1-5-13-11(12(15)16-4)8-14-6-9(2)17-10(3)7-14/h9-11,13H,5-8H2,1-4H3. The van der Waals surface area contributed by atoms with Crippen molar-refractivity contribution in [3.63, 3.8) is 0 Å². The monoisotopic (exact) mass is 244 g/mol. The number of nitrogens with one attached hydrogen (secondary N) is 1. The van der Waals surface area contributed by atoms with Gasteiger partial charge in [-0.05, 0) is 20.4 Å². The number of likely N-dealkylation sites (N-methyl/N-ethyl adjacent to an activating group) is 1. The first kappa shape index (κ1) is 14.4. The topological polar surface area (TPSA) is 50.8 Å². The van der Waals surface area contributed by atoms with Crippen LogP contribution in [-0.4, -0.2) is 62.4 Å². The molecular weight excluding hydrogens is 220 g/mol. The van der Waals surface area contributed by atoms with Gasteiger partial charge in [0.2, 0.25) is 0 Å². The van der Waals surface area contributed by atoms with Crippen molar-refractivity contribution >= 4 is 5.97 Å². The van der Waals surface area contributed by atoms with E-state index >= 15 is 0 Å². The fraction of sp³-hybridized carbons (Fsp3) is 0.917. The number of morpholine rings is 1. The molecule has 1 fully saturated rings. The number of ether oxygens (including phenoxy) is 2. The second-order valence-electron chi connectivity index (χ2n) is 4.61. The fourth-order valence-electron chi connectivity index (χ4n) is 2.30. The van der Waals surface area contributed by atoms with E-state index in [1.165, 1.54) is 7.11 Å². The Bertz CT molecular complexity index is 238. The van der Waals surface area contributed by atoms with Crippen LogP contribution in [0.25, 0.3) is 0 Å². The van der Waals surface area contributed by atoms with Crippen molar-refractivity contribution in [3.05, 3.63) is 0 Å². The minimum atomic E-state index is -0.248. The number of hydrogen-bond acceptors (Lipinski definition) is 5. The van der Waals surface area contributed by atoms with E-state index < -0.39 is 0 Å². The van der Waals surface area contributed by atoms with Crippen molar-refractivity contribution in [1.29, 1.82) is 0 Å². The summed E-state index contributed by atoms with van der Waals surface area (Å²) in [5.74, 6) is -0.196. The molecule has 0 bridgehead atoms. The SMILES string of the molecule is CCNC(CN1CC(C)OC(C)C1)C(=O)OC. The quantitative estimate of drug-likeness (QED) is 0.702. The van der Waals surface area contributed by atoms with Crippen LogP contribution in [0.1, 0.15) is 20.8 Å². The zero-order valence-corrected chi connectivity index (χ0v) is 11.2. The number of carbonyl (C=O) groups excluding carboxylic acids is 1. The first-order chi connectivity index (χ1) is 8.06. The van der Waals surface area contributed by atoms with Gasteiger partial charge in [0, 0.05) is 19.6 Å². The highest BCUT2D eigenvalue weighted by atomic mass is 16.5. The number of carbonyl (C=O) groups is 1. The summed E-state index contributed by atoms with van der Waals surface area (Å²) in [6.45, 7) is 9.27. The van der Waals surface area contributed by atoms with E-state index in [9.17, 15) is 4.79 Å². The van der Waals surface area contributed by atoms with Crippen molar-refractivity contribution in [3.8, 4) is 0 Å². The Kier molecular flexibility index (Phi) is 5.88. The molecule has 1 rings (SSSR count). The first-order valence-corrected chi connectivity index (χ1v) is 6.25. The van der Waals surface area contributed by atoms with Crippen LogP contribution in [0.4, 0.5) is 0 Å². The third kappa shape index (κ3) is 4.61. The number of rotatable bonds is 5. The molecule has 17 heavy (non-hydrogen) atoms. The van der Waals surface area contributed by atoms with Crippen molar-refractivity contribution < 1.29 is 14.3 Å². The van der Waals surface area contributed by atoms with Crippen LogP contribution in [-0.2, 0) is 14.3 Å². The first-order valence-electron chi connectivity index (χ1n) is 6.25. The van der Waals surface area contributed by atoms with Crippen LogP contribution in [0.3, 0.4) is 0 Å². The van der Waals surface area contributed by atoms with E-state index in [0.29, 0.717) is 6.54 Å². The van der Waals surface area contributed by atoms with Crippen molar-refractivity contribution in [2.24, 2.45) is 0 Å². The fourth-order valence-corrected chi connectivity index (χ4v) is 2.30. The van der Waals surface area contributed by atoms with Gasteiger partial charge in [-0.15, -0.1) is 0 Å². The second kappa shape index (κ2) is 6.93. The van der Waals surface area contributed by atoms with Crippen LogP contribution >= 0.6 is 0 Å². The van der Waals surface area contributed by atoms with E-state index in [2.05, 4.69) is 24.1 Å². The van der Waals surface area contributed by atoms with Gasteiger partial charge in [-0.3, -0.25) is 9.69 Å². The summed E-state index contributed by atoms with van der Waals surface area (Å²) in [6.07, 6.45) is 0.442. The Hall–Kier alpha value is -0.650. The zero-order chi connectivity index (χ0) is 12.8. The maximum Gasteiger partial charge on any atom is 0.324 e. The molecule has 0 spiro atoms. The molecule has 5 nitrogen and oxygen atoms in total. The summed E-state index contributed by atoms with van der Waals surface area (Å²) in [6, 6.07) is -0.248. The summed E-state index contributed by atoms with van der Waals surface area (Å²) >= 11 is 0. The lowest BCUT2D eigenvalue weighted by atomic mass is 10.2. The number of methoxy groups -OCH3 is 1. The Balaban J connectivity index is 2.50. The maximum absolute atomic E-state index is 11.6. The van der Waals surface area contributed by atoms with E-state index in [4.69, 9.17) is 9.47 Å². The Labute approximate surface area is 103 Å². The lowest BCUT2D eigenvalue weighted by molar-refractivity contribution is -0.144. The molecule has 0 saturated carbocycles. The van der Waals surface area contributed by atoms with Gasteiger partial charge in [0.15, 0.2) is 0 Å². The molecule has 1 N–H and O–H groups in total. The molecule has 5 heteroatoms. The van der Waals surface area contributed by atoms with E-state index in [1.807, 2.05) is 6.92 Å². The van der Waals surface area contributed by atoms with Crippen molar-refractivity contribution in [2.45, 2.75) is 39.0 Å².